The Morgan fingerprint density at radius 2 is 2.00 bits per heavy atom. The van der Waals surface area contributed by atoms with Gasteiger partial charge in [-0.25, -0.2) is 4.79 Å². The average Bonchev–Trinajstić information content (AvgIpc) is 2.18. The summed E-state index contributed by atoms with van der Waals surface area (Å²) in [6, 6.07) is -0.355. The molecule has 3 amide bonds. The van der Waals surface area contributed by atoms with E-state index in [2.05, 4.69) is 12.2 Å². The van der Waals surface area contributed by atoms with Crippen molar-refractivity contribution in [3.8, 4) is 0 Å². The van der Waals surface area contributed by atoms with Crippen LogP contribution in [0.25, 0.3) is 0 Å². The highest BCUT2D eigenvalue weighted by molar-refractivity contribution is 6.28. The van der Waals surface area contributed by atoms with Gasteiger partial charge in [-0.2, -0.15) is 0 Å². The van der Waals surface area contributed by atoms with Gasteiger partial charge < -0.3 is 4.90 Å². The van der Waals surface area contributed by atoms with Crippen LogP contribution in [0.4, 0.5) is 4.79 Å². The summed E-state index contributed by atoms with van der Waals surface area (Å²) >= 11 is 5.27. The minimum Gasteiger partial charge on any atom is -0.325 e. The van der Waals surface area contributed by atoms with Crippen molar-refractivity contribution < 1.29 is 9.59 Å². The number of hydrogen-bond acceptors (Lipinski definition) is 2. The molecule has 0 radical (unpaired) electrons. The number of halogens is 1. The fourth-order valence-corrected chi connectivity index (χ4v) is 1.05. The van der Waals surface area contributed by atoms with Gasteiger partial charge in [0.2, 0.25) is 5.91 Å². The monoisotopic (exact) mass is 220 g/mol. The highest BCUT2D eigenvalue weighted by Crippen LogP contribution is 1.95. The molecular formula is C9H17ClN2O2. The normalized spacial score (nSPS) is 9.64. The molecule has 0 saturated heterocycles. The van der Waals surface area contributed by atoms with Crippen LogP contribution in [0.2, 0.25) is 0 Å². The van der Waals surface area contributed by atoms with Crippen molar-refractivity contribution in [1.29, 1.82) is 0 Å². The van der Waals surface area contributed by atoms with Crippen molar-refractivity contribution in [3.63, 3.8) is 0 Å². The molecule has 82 valence electrons. The van der Waals surface area contributed by atoms with Crippen LogP contribution in [0.1, 0.15) is 26.7 Å². The number of nitrogens with one attached hydrogen (secondary N) is 1. The molecule has 0 heterocycles. The van der Waals surface area contributed by atoms with Gasteiger partial charge in [0.05, 0.1) is 0 Å². The maximum absolute atomic E-state index is 11.4. The van der Waals surface area contributed by atoms with Crippen molar-refractivity contribution in [1.82, 2.24) is 10.2 Å². The Bertz CT molecular complexity index is 197. The zero-order chi connectivity index (χ0) is 11.0. The minimum absolute atomic E-state index is 0.183. The fraction of sp³-hybridized carbons (Fsp3) is 0.778. The summed E-state index contributed by atoms with van der Waals surface area (Å²) in [5.74, 6) is -0.636. The molecule has 4 nitrogen and oxygen atoms in total. The SMILES string of the molecule is CCCCN(CC)C(=O)NC(=O)CCl. The lowest BCUT2D eigenvalue weighted by atomic mass is 10.3. The third-order valence-corrected chi connectivity index (χ3v) is 2.06. The lowest BCUT2D eigenvalue weighted by molar-refractivity contribution is -0.117. The first kappa shape index (κ1) is 13.2. The Balaban J connectivity index is 3.97. The maximum Gasteiger partial charge on any atom is 0.324 e. The summed E-state index contributed by atoms with van der Waals surface area (Å²) in [7, 11) is 0. The third kappa shape index (κ3) is 5.07. The summed E-state index contributed by atoms with van der Waals surface area (Å²) < 4.78 is 0. The van der Waals surface area contributed by atoms with Gasteiger partial charge in [-0.3, -0.25) is 10.1 Å². The van der Waals surface area contributed by atoms with E-state index in [1.807, 2.05) is 6.92 Å². The number of imide groups is 1. The molecule has 0 aliphatic rings. The molecule has 0 aromatic carbocycles. The molecule has 0 fully saturated rings. The fourth-order valence-electron chi connectivity index (χ4n) is 0.984. The van der Waals surface area contributed by atoms with Crippen molar-refractivity contribution in [2.45, 2.75) is 26.7 Å². The number of hydrogen-bond donors (Lipinski definition) is 1. The molecule has 0 atom stereocenters. The van der Waals surface area contributed by atoms with Crippen LogP contribution < -0.4 is 5.32 Å². The zero-order valence-electron chi connectivity index (χ0n) is 8.68. The van der Waals surface area contributed by atoms with E-state index in [4.69, 9.17) is 11.6 Å². The molecule has 14 heavy (non-hydrogen) atoms. The van der Waals surface area contributed by atoms with Crippen LogP contribution >= 0.6 is 11.6 Å². The van der Waals surface area contributed by atoms with Crippen LogP contribution in [0.3, 0.4) is 0 Å². The van der Waals surface area contributed by atoms with E-state index in [1.165, 1.54) is 0 Å². The Labute approximate surface area is 89.6 Å². The van der Waals surface area contributed by atoms with Gasteiger partial charge in [0, 0.05) is 13.1 Å². The van der Waals surface area contributed by atoms with Gasteiger partial charge in [0.15, 0.2) is 0 Å². The predicted molar refractivity (Wildman–Crippen MR) is 56.4 cm³/mol. The minimum atomic E-state index is -0.452. The lowest BCUT2D eigenvalue weighted by Gasteiger charge is -2.20. The number of alkyl halides is 1. The van der Waals surface area contributed by atoms with Crippen LogP contribution in [-0.4, -0.2) is 35.8 Å². The van der Waals surface area contributed by atoms with E-state index in [0.717, 1.165) is 12.8 Å². The zero-order valence-corrected chi connectivity index (χ0v) is 9.43. The second-order valence-corrected chi connectivity index (χ2v) is 3.19. The second kappa shape index (κ2) is 7.62. The molecule has 0 unspecified atom stereocenters. The molecule has 0 spiro atoms. The number of carbonyl (C=O) groups is 2. The Morgan fingerprint density at radius 1 is 1.36 bits per heavy atom. The van der Waals surface area contributed by atoms with Crippen molar-refractivity contribution in [2.75, 3.05) is 19.0 Å². The van der Waals surface area contributed by atoms with E-state index >= 15 is 0 Å². The lowest BCUT2D eigenvalue weighted by Crippen LogP contribution is -2.43. The Kier molecular flexibility index (Phi) is 7.20. The van der Waals surface area contributed by atoms with Gasteiger partial charge in [-0.15, -0.1) is 11.6 Å². The van der Waals surface area contributed by atoms with Gasteiger partial charge >= 0.3 is 6.03 Å². The smallest absolute Gasteiger partial charge is 0.324 e. The van der Waals surface area contributed by atoms with E-state index in [9.17, 15) is 9.59 Å². The molecule has 0 aliphatic heterocycles. The molecule has 0 rings (SSSR count). The number of amides is 3. The number of nitrogens with zero attached hydrogens (tertiary/aromatic N) is 1. The van der Waals surface area contributed by atoms with E-state index in [1.54, 1.807) is 4.90 Å². The Morgan fingerprint density at radius 3 is 2.43 bits per heavy atom. The van der Waals surface area contributed by atoms with E-state index in [0.29, 0.717) is 13.1 Å². The van der Waals surface area contributed by atoms with Gasteiger partial charge in [-0.1, -0.05) is 13.3 Å². The van der Waals surface area contributed by atoms with Crippen molar-refractivity contribution in [3.05, 3.63) is 0 Å². The summed E-state index contributed by atoms with van der Waals surface area (Å²) in [5, 5.41) is 2.21. The highest BCUT2D eigenvalue weighted by atomic mass is 35.5. The molecule has 0 aromatic rings. The van der Waals surface area contributed by atoms with Crippen molar-refractivity contribution >= 4 is 23.5 Å². The molecule has 0 aromatic heterocycles. The van der Waals surface area contributed by atoms with Gasteiger partial charge in [-0.05, 0) is 13.3 Å². The first-order chi connectivity index (χ1) is 6.65. The van der Waals surface area contributed by atoms with Crippen molar-refractivity contribution in [2.24, 2.45) is 0 Å². The largest absolute Gasteiger partial charge is 0.325 e. The summed E-state index contributed by atoms with van der Waals surface area (Å²) in [6.07, 6.45) is 1.96. The number of urea groups is 1. The van der Waals surface area contributed by atoms with Gasteiger partial charge in [0.1, 0.15) is 5.88 Å². The first-order valence-electron chi connectivity index (χ1n) is 4.80. The molecule has 1 N–H and O–H groups in total. The molecule has 5 heteroatoms. The highest BCUT2D eigenvalue weighted by Gasteiger charge is 2.12. The van der Waals surface area contributed by atoms with Crippen LogP contribution in [-0.2, 0) is 4.79 Å². The third-order valence-electron chi connectivity index (χ3n) is 1.82. The van der Waals surface area contributed by atoms with E-state index in [-0.39, 0.29) is 11.9 Å². The standard InChI is InChI=1S/C9H17ClN2O2/c1-3-5-6-12(4-2)9(14)11-8(13)7-10/h3-7H2,1-2H3,(H,11,13,14). The summed E-state index contributed by atoms with van der Waals surface area (Å²) in [6.45, 7) is 5.20. The van der Waals surface area contributed by atoms with Gasteiger partial charge in [0.25, 0.3) is 0 Å². The summed E-state index contributed by atoms with van der Waals surface area (Å²) in [5.41, 5.74) is 0. The molecule has 0 aliphatic carbocycles. The van der Waals surface area contributed by atoms with Crippen LogP contribution in [0, 0.1) is 0 Å². The number of rotatable bonds is 5. The first-order valence-corrected chi connectivity index (χ1v) is 5.33. The number of carbonyl (C=O) groups excluding carboxylic acids is 2. The molecular weight excluding hydrogens is 204 g/mol. The average molecular weight is 221 g/mol. The predicted octanol–water partition coefficient (Wildman–Crippen LogP) is 1.58. The molecule has 0 saturated carbocycles. The maximum atomic E-state index is 11.4. The topological polar surface area (TPSA) is 49.4 Å². The Hall–Kier alpha value is -0.770. The number of unbranched alkanes of at least 4 members (excludes halogenated alkanes) is 1. The van der Waals surface area contributed by atoms with E-state index < -0.39 is 5.91 Å². The summed E-state index contributed by atoms with van der Waals surface area (Å²) in [4.78, 5) is 23.8. The molecule has 0 bridgehead atoms. The second-order valence-electron chi connectivity index (χ2n) is 2.92. The van der Waals surface area contributed by atoms with Crippen LogP contribution in [0.5, 0.6) is 0 Å². The van der Waals surface area contributed by atoms with Crippen LogP contribution in [0.15, 0.2) is 0 Å². The quantitative estimate of drug-likeness (QED) is 0.716.